The molecule has 0 heterocycles. The van der Waals surface area contributed by atoms with Crippen molar-refractivity contribution >= 4 is 11.9 Å². The van der Waals surface area contributed by atoms with Gasteiger partial charge in [0.05, 0.1) is 18.4 Å². The molecule has 0 aromatic carbocycles. The van der Waals surface area contributed by atoms with Crippen molar-refractivity contribution in [3.8, 4) is 0 Å². The lowest BCUT2D eigenvalue weighted by Crippen LogP contribution is -2.43. The predicted octanol–water partition coefficient (Wildman–Crippen LogP) is 1.39. The highest BCUT2D eigenvalue weighted by Crippen LogP contribution is 2.30. The number of carboxylic acid groups (broad SMARTS) is 1. The molecule has 0 aromatic heterocycles. The van der Waals surface area contributed by atoms with Gasteiger partial charge < -0.3 is 19.9 Å². The molecule has 1 rings (SSSR count). The normalized spacial score (nSPS) is 22.8. The van der Waals surface area contributed by atoms with E-state index in [1.54, 1.807) is 0 Å². The summed E-state index contributed by atoms with van der Waals surface area (Å²) in [6.07, 6.45) is 2.52. The maximum atomic E-state index is 12.1. The first-order valence-electron chi connectivity index (χ1n) is 7.33. The first-order chi connectivity index (χ1) is 9.60. The molecule has 1 aliphatic carbocycles. The van der Waals surface area contributed by atoms with Crippen molar-refractivity contribution in [3.05, 3.63) is 0 Å². The van der Waals surface area contributed by atoms with E-state index in [1.165, 1.54) is 0 Å². The molecule has 20 heavy (non-hydrogen) atoms. The molecule has 2 N–H and O–H groups in total. The van der Waals surface area contributed by atoms with E-state index in [-0.39, 0.29) is 12.5 Å². The minimum absolute atomic E-state index is 0.207. The lowest BCUT2D eigenvalue weighted by molar-refractivity contribution is -0.151. The zero-order chi connectivity index (χ0) is 15.0. The van der Waals surface area contributed by atoms with Crippen LogP contribution in [-0.2, 0) is 19.1 Å². The Labute approximate surface area is 119 Å². The molecule has 116 valence electrons. The molecule has 1 amide bonds. The lowest BCUT2D eigenvalue weighted by Gasteiger charge is -2.28. The average Bonchev–Trinajstić information content (AvgIpc) is 2.45. The molecule has 0 aromatic rings. The summed E-state index contributed by atoms with van der Waals surface area (Å²) in [5, 5.41) is 11.9. The molecule has 6 nitrogen and oxygen atoms in total. The van der Waals surface area contributed by atoms with Gasteiger partial charge in [-0.2, -0.15) is 0 Å². The Morgan fingerprint density at radius 1 is 1.15 bits per heavy atom. The van der Waals surface area contributed by atoms with E-state index in [2.05, 4.69) is 5.32 Å². The molecular weight excluding hydrogens is 262 g/mol. The van der Waals surface area contributed by atoms with Gasteiger partial charge in [0, 0.05) is 13.2 Å². The Hall–Kier alpha value is -1.14. The first-order valence-corrected chi connectivity index (χ1v) is 7.33. The number of ether oxygens (including phenoxy) is 2. The fourth-order valence-corrected chi connectivity index (χ4v) is 2.59. The van der Waals surface area contributed by atoms with Gasteiger partial charge in [-0.25, -0.2) is 0 Å². The van der Waals surface area contributed by atoms with Crippen LogP contribution in [0, 0.1) is 11.8 Å². The smallest absolute Gasteiger partial charge is 0.307 e. The van der Waals surface area contributed by atoms with Gasteiger partial charge in [-0.15, -0.1) is 0 Å². The van der Waals surface area contributed by atoms with Gasteiger partial charge in [-0.1, -0.05) is 12.8 Å². The number of aliphatic carboxylic acids is 1. The molecule has 1 fully saturated rings. The number of hydrogen-bond donors (Lipinski definition) is 2. The standard InChI is InChI=1S/C14H25NO5/c1-3-19-12(20-4-2)9-15-13(16)10-7-5-6-8-11(10)14(17)18/h10-12H,3-9H2,1-2H3,(H,15,16)(H,17,18)/t10-,11+/m1/s1. The summed E-state index contributed by atoms with van der Waals surface area (Å²) in [7, 11) is 0. The van der Waals surface area contributed by atoms with E-state index in [0.717, 1.165) is 12.8 Å². The summed E-state index contributed by atoms with van der Waals surface area (Å²) in [5.41, 5.74) is 0. The van der Waals surface area contributed by atoms with Gasteiger partial charge in [0.1, 0.15) is 0 Å². The van der Waals surface area contributed by atoms with Crippen LogP contribution in [0.25, 0.3) is 0 Å². The van der Waals surface area contributed by atoms with Crippen LogP contribution in [-0.4, -0.2) is 43.0 Å². The zero-order valence-electron chi connectivity index (χ0n) is 12.3. The summed E-state index contributed by atoms with van der Waals surface area (Å²) in [5.74, 6) is -2.09. The van der Waals surface area contributed by atoms with Crippen LogP contribution in [0.1, 0.15) is 39.5 Å². The summed E-state index contributed by atoms with van der Waals surface area (Å²) in [4.78, 5) is 23.3. The van der Waals surface area contributed by atoms with Gasteiger partial charge in [0.25, 0.3) is 0 Å². The second-order valence-corrected chi connectivity index (χ2v) is 4.92. The Morgan fingerprint density at radius 3 is 2.20 bits per heavy atom. The maximum Gasteiger partial charge on any atom is 0.307 e. The molecule has 0 bridgehead atoms. The molecule has 1 aliphatic rings. The topological polar surface area (TPSA) is 84.9 Å². The average molecular weight is 287 g/mol. The van der Waals surface area contributed by atoms with Gasteiger partial charge in [0.2, 0.25) is 5.91 Å². The lowest BCUT2D eigenvalue weighted by atomic mass is 9.79. The quantitative estimate of drug-likeness (QED) is 0.659. The zero-order valence-corrected chi connectivity index (χ0v) is 12.3. The van der Waals surface area contributed by atoms with Gasteiger partial charge in [0.15, 0.2) is 6.29 Å². The number of nitrogens with one attached hydrogen (secondary N) is 1. The maximum absolute atomic E-state index is 12.1. The largest absolute Gasteiger partial charge is 0.481 e. The highest BCUT2D eigenvalue weighted by Gasteiger charge is 2.35. The van der Waals surface area contributed by atoms with E-state index >= 15 is 0 Å². The third kappa shape index (κ3) is 5.09. The number of hydrogen-bond acceptors (Lipinski definition) is 4. The van der Waals surface area contributed by atoms with Gasteiger partial charge in [-0.05, 0) is 26.7 Å². The van der Waals surface area contributed by atoms with Crippen molar-refractivity contribution in [3.63, 3.8) is 0 Å². The summed E-state index contributed by atoms with van der Waals surface area (Å²) in [6.45, 7) is 4.97. The number of rotatable bonds is 8. The Bertz CT molecular complexity index is 315. The van der Waals surface area contributed by atoms with Crippen LogP contribution >= 0.6 is 0 Å². The molecule has 2 atom stereocenters. The van der Waals surface area contributed by atoms with E-state index in [4.69, 9.17) is 9.47 Å². The molecule has 0 unspecified atom stereocenters. The minimum Gasteiger partial charge on any atom is -0.481 e. The van der Waals surface area contributed by atoms with E-state index in [0.29, 0.717) is 26.1 Å². The van der Waals surface area contributed by atoms with Crippen LogP contribution in [0.3, 0.4) is 0 Å². The fourth-order valence-electron chi connectivity index (χ4n) is 2.59. The Balaban J connectivity index is 2.48. The molecular formula is C14H25NO5. The van der Waals surface area contributed by atoms with Crippen LogP contribution in [0.4, 0.5) is 0 Å². The van der Waals surface area contributed by atoms with Crippen molar-refractivity contribution in [1.29, 1.82) is 0 Å². The molecule has 0 saturated heterocycles. The third-order valence-electron chi connectivity index (χ3n) is 3.57. The molecule has 0 spiro atoms. The molecule has 6 heteroatoms. The summed E-state index contributed by atoms with van der Waals surface area (Å²) < 4.78 is 10.7. The highest BCUT2D eigenvalue weighted by molar-refractivity contribution is 5.84. The van der Waals surface area contributed by atoms with Crippen molar-refractivity contribution < 1.29 is 24.2 Å². The monoisotopic (exact) mass is 287 g/mol. The predicted molar refractivity (Wildman–Crippen MR) is 73.1 cm³/mol. The van der Waals surface area contributed by atoms with Gasteiger partial charge >= 0.3 is 5.97 Å². The number of carbonyl (C=O) groups is 2. The second-order valence-electron chi connectivity index (χ2n) is 4.92. The minimum atomic E-state index is -0.879. The number of carboxylic acids is 1. The number of carbonyl (C=O) groups excluding carboxylic acids is 1. The molecule has 0 aliphatic heterocycles. The van der Waals surface area contributed by atoms with Crippen molar-refractivity contribution in [2.45, 2.75) is 45.8 Å². The van der Waals surface area contributed by atoms with Crippen LogP contribution in [0.2, 0.25) is 0 Å². The Kier molecular flexibility index (Phi) is 7.54. The van der Waals surface area contributed by atoms with Crippen LogP contribution in [0.15, 0.2) is 0 Å². The van der Waals surface area contributed by atoms with E-state index in [9.17, 15) is 14.7 Å². The van der Waals surface area contributed by atoms with Crippen molar-refractivity contribution in [1.82, 2.24) is 5.32 Å². The van der Waals surface area contributed by atoms with E-state index in [1.807, 2.05) is 13.8 Å². The Morgan fingerprint density at radius 2 is 1.70 bits per heavy atom. The van der Waals surface area contributed by atoms with Crippen LogP contribution in [0.5, 0.6) is 0 Å². The first kappa shape index (κ1) is 16.9. The SMILES string of the molecule is CCOC(CNC(=O)[C@@H]1CCCC[C@@H]1C(=O)O)OCC. The van der Waals surface area contributed by atoms with Crippen molar-refractivity contribution in [2.24, 2.45) is 11.8 Å². The highest BCUT2D eigenvalue weighted by atomic mass is 16.7. The summed E-state index contributed by atoms with van der Waals surface area (Å²) in [6, 6.07) is 0. The van der Waals surface area contributed by atoms with Gasteiger partial charge in [-0.3, -0.25) is 9.59 Å². The van der Waals surface area contributed by atoms with Crippen LogP contribution < -0.4 is 5.32 Å². The molecule has 1 saturated carbocycles. The number of amides is 1. The second kappa shape index (κ2) is 8.92. The fraction of sp³-hybridized carbons (Fsp3) is 0.857. The molecule has 0 radical (unpaired) electrons. The van der Waals surface area contributed by atoms with Crippen molar-refractivity contribution in [2.75, 3.05) is 19.8 Å². The van der Waals surface area contributed by atoms with E-state index < -0.39 is 24.1 Å². The third-order valence-corrected chi connectivity index (χ3v) is 3.57. The summed E-state index contributed by atoms with van der Waals surface area (Å²) >= 11 is 0.